The molecule has 0 atom stereocenters. The Morgan fingerprint density at radius 3 is 2.73 bits per heavy atom. The van der Waals surface area contributed by atoms with Crippen molar-refractivity contribution >= 4 is 28.5 Å². The Kier molecular flexibility index (Phi) is 3.57. The summed E-state index contributed by atoms with van der Waals surface area (Å²) in [6.07, 6.45) is 1.56. The van der Waals surface area contributed by atoms with Crippen LogP contribution in [0.5, 0.6) is 0 Å². The maximum atomic E-state index is 12.3. The second-order valence-electron chi connectivity index (χ2n) is 4.81. The molecule has 2 N–H and O–H groups in total. The number of nitrogens with zero attached hydrogens (tertiary/aromatic N) is 2. The molecule has 110 valence electrons. The summed E-state index contributed by atoms with van der Waals surface area (Å²) >= 11 is 0. The van der Waals surface area contributed by atoms with Crippen molar-refractivity contribution in [2.45, 2.75) is 6.92 Å². The molecule has 2 amide bonds. The Morgan fingerprint density at radius 1 is 1.09 bits per heavy atom. The summed E-state index contributed by atoms with van der Waals surface area (Å²) in [7, 11) is 0. The third-order valence-electron chi connectivity index (χ3n) is 3.12. The molecule has 0 aliphatic carbocycles. The molecule has 0 fully saturated rings. The van der Waals surface area contributed by atoms with Crippen molar-refractivity contribution in [1.82, 2.24) is 9.66 Å². The van der Waals surface area contributed by atoms with Gasteiger partial charge in [0.2, 0.25) is 5.91 Å². The van der Waals surface area contributed by atoms with E-state index in [-0.39, 0.29) is 11.8 Å². The molecule has 3 rings (SSSR count). The van der Waals surface area contributed by atoms with Crippen LogP contribution in [-0.4, -0.2) is 21.5 Å². The normalized spacial score (nSPS) is 10.4. The van der Waals surface area contributed by atoms with Gasteiger partial charge in [0.1, 0.15) is 6.33 Å². The third-order valence-corrected chi connectivity index (χ3v) is 3.12. The highest BCUT2D eigenvalue weighted by molar-refractivity contribution is 6.02. The van der Waals surface area contributed by atoms with E-state index in [9.17, 15) is 9.59 Å². The minimum Gasteiger partial charge on any atom is -0.326 e. The molecule has 0 spiro atoms. The third kappa shape index (κ3) is 2.80. The van der Waals surface area contributed by atoms with E-state index in [1.54, 1.807) is 35.3 Å². The van der Waals surface area contributed by atoms with Gasteiger partial charge < -0.3 is 5.32 Å². The first-order valence-corrected chi connectivity index (χ1v) is 6.74. The fourth-order valence-corrected chi connectivity index (χ4v) is 2.16. The molecule has 6 nitrogen and oxygen atoms in total. The van der Waals surface area contributed by atoms with Crippen molar-refractivity contribution in [3.8, 4) is 0 Å². The largest absolute Gasteiger partial charge is 0.326 e. The molecule has 22 heavy (non-hydrogen) atoms. The molecule has 1 heterocycles. The molecule has 0 unspecified atom stereocenters. The molecule has 0 radical (unpaired) electrons. The lowest BCUT2D eigenvalue weighted by atomic mass is 10.2. The maximum absolute atomic E-state index is 12.3. The highest BCUT2D eigenvalue weighted by atomic mass is 16.2. The number of fused-ring (bicyclic) bond motifs is 1. The number of imidazole rings is 1. The first-order chi connectivity index (χ1) is 10.6. The van der Waals surface area contributed by atoms with Crippen LogP contribution in [-0.2, 0) is 4.79 Å². The molecule has 2 aromatic carbocycles. The van der Waals surface area contributed by atoms with Gasteiger partial charge in [0.15, 0.2) is 0 Å². The van der Waals surface area contributed by atoms with Gasteiger partial charge in [-0.1, -0.05) is 18.2 Å². The Bertz CT molecular complexity index is 854. The average Bonchev–Trinajstić information content (AvgIpc) is 2.90. The Morgan fingerprint density at radius 2 is 1.91 bits per heavy atom. The van der Waals surface area contributed by atoms with Gasteiger partial charge >= 0.3 is 0 Å². The molecule has 0 saturated carbocycles. The second-order valence-corrected chi connectivity index (χ2v) is 4.81. The highest BCUT2D eigenvalue weighted by Gasteiger charge is 2.09. The Hall–Kier alpha value is -3.15. The Balaban J connectivity index is 1.84. The van der Waals surface area contributed by atoms with E-state index >= 15 is 0 Å². The summed E-state index contributed by atoms with van der Waals surface area (Å²) in [6, 6.07) is 14.3. The highest BCUT2D eigenvalue weighted by Crippen LogP contribution is 2.13. The molecule has 0 bridgehead atoms. The summed E-state index contributed by atoms with van der Waals surface area (Å²) in [5.74, 6) is -0.464. The van der Waals surface area contributed by atoms with Crippen LogP contribution in [0.1, 0.15) is 17.3 Å². The van der Waals surface area contributed by atoms with Gasteiger partial charge in [-0.2, -0.15) is 0 Å². The average molecular weight is 294 g/mol. The predicted molar refractivity (Wildman–Crippen MR) is 84.2 cm³/mol. The second kappa shape index (κ2) is 5.69. The summed E-state index contributed by atoms with van der Waals surface area (Å²) < 4.78 is 1.57. The van der Waals surface area contributed by atoms with E-state index < -0.39 is 0 Å². The van der Waals surface area contributed by atoms with Crippen LogP contribution < -0.4 is 10.7 Å². The standard InChI is InChI=1S/C16H14N4O2/c1-11(21)18-13-6-4-5-12(9-13)16(22)19-20-10-17-14-7-2-3-8-15(14)20/h2-10H,1H3,(H,18,21)(H,19,22). The monoisotopic (exact) mass is 294 g/mol. The van der Waals surface area contributed by atoms with Gasteiger partial charge in [0.05, 0.1) is 11.0 Å². The van der Waals surface area contributed by atoms with Crippen molar-refractivity contribution in [3.05, 3.63) is 60.4 Å². The number of benzene rings is 2. The van der Waals surface area contributed by atoms with Gasteiger partial charge in [-0.15, -0.1) is 0 Å². The van der Waals surface area contributed by atoms with Crippen molar-refractivity contribution in [1.29, 1.82) is 0 Å². The van der Waals surface area contributed by atoms with Crippen LogP contribution >= 0.6 is 0 Å². The van der Waals surface area contributed by atoms with Gasteiger partial charge in [0.25, 0.3) is 5.91 Å². The van der Waals surface area contributed by atoms with Gasteiger partial charge in [0, 0.05) is 18.2 Å². The first kappa shape index (κ1) is 13.8. The van der Waals surface area contributed by atoms with Crippen molar-refractivity contribution < 1.29 is 9.59 Å². The number of anilines is 1. The zero-order valence-electron chi connectivity index (χ0n) is 11.9. The maximum Gasteiger partial charge on any atom is 0.270 e. The Labute approximate surface area is 126 Å². The lowest BCUT2D eigenvalue weighted by Crippen LogP contribution is -2.22. The summed E-state index contributed by atoms with van der Waals surface area (Å²) in [6.45, 7) is 1.42. The van der Waals surface area contributed by atoms with E-state index in [1.807, 2.05) is 24.3 Å². The van der Waals surface area contributed by atoms with E-state index in [1.165, 1.54) is 6.92 Å². The number of nitrogens with one attached hydrogen (secondary N) is 2. The van der Waals surface area contributed by atoms with Gasteiger partial charge in [-0.05, 0) is 30.3 Å². The molecule has 0 saturated heterocycles. The van der Waals surface area contributed by atoms with Crippen LogP contribution in [0.2, 0.25) is 0 Å². The van der Waals surface area contributed by atoms with Crippen LogP contribution in [0.4, 0.5) is 5.69 Å². The zero-order chi connectivity index (χ0) is 15.5. The van der Waals surface area contributed by atoms with Crippen LogP contribution in [0.25, 0.3) is 11.0 Å². The lowest BCUT2D eigenvalue weighted by Gasteiger charge is -2.08. The van der Waals surface area contributed by atoms with E-state index in [4.69, 9.17) is 0 Å². The van der Waals surface area contributed by atoms with E-state index in [2.05, 4.69) is 15.7 Å². The van der Waals surface area contributed by atoms with Crippen LogP contribution in [0.15, 0.2) is 54.9 Å². The smallest absolute Gasteiger partial charge is 0.270 e. The molecule has 1 aromatic heterocycles. The molecule has 3 aromatic rings. The van der Waals surface area contributed by atoms with Crippen LogP contribution in [0.3, 0.4) is 0 Å². The van der Waals surface area contributed by atoms with Crippen LogP contribution in [0, 0.1) is 0 Å². The number of para-hydroxylation sites is 2. The molecular formula is C16H14N4O2. The molecule has 6 heteroatoms. The van der Waals surface area contributed by atoms with Crippen molar-refractivity contribution in [2.24, 2.45) is 0 Å². The molecule has 0 aliphatic heterocycles. The quantitative estimate of drug-likeness (QED) is 0.778. The number of rotatable bonds is 3. The molecular weight excluding hydrogens is 280 g/mol. The number of carbonyl (C=O) groups is 2. The fourth-order valence-electron chi connectivity index (χ4n) is 2.16. The lowest BCUT2D eigenvalue weighted by molar-refractivity contribution is -0.114. The van der Waals surface area contributed by atoms with Crippen molar-refractivity contribution in [2.75, 3.05) is 10.7 Å². The number of aromatic nitrogens is 2. The molecule has 0 aliphatic rings. The number of amides is 2. The number of carbonyl (C=O) groups excluding carboxylic acids is 2. The predicted octanol–water partition coefficient (Wildman–Crippen LogP) is 2.38. The SMILES string of the molecule is CC(=O)Nc1cccc(C(=O)Nn2cnc3ccccc32)c1. The summed E-state index contributed by atoms with van der Waals surface area (Å²) in [4.78, 5) is 27.6. The minimum atomic E-state index is -0.282. The number of hydrogen-bond acceptors (Lipinski definition) is 3. The minimum absolute atomic E-state index is 0.182. The first-order valence-electron chi connectivity index (χ1n) is 6.74. The topological polar surface area (TPSA) is 76.0 Å². The number of hydrogen-bond donors (Lipinski definition) is 2. The summed E-state index contributed by atoms with van der Waals surface area (Å²) in [5, 5.41) is 2.65. The van der Waals surface area contributed by atoms with E-state index in [0.29, 0.717) is 11.3 Å². The van der Waals surface area contributed by atoms with E-state index in [0.717, 1.165) is 11.0 Å². The fraction of sp³-hybridized carbons (Fsp3) is 0.0625. The van der Waals surface area contributed by atoms with Gasteiger partial charge in [-0.25, -0.2) is 9.66 Å². The van der Waals surface area contributed by atoms with Gasteiger partial charge in [-0.3, -0.25) is 15.0 Å². The van der Waals surface area contributed by atoms with Crippen molar-refractivity contribution in [3.63, 3.8) is 0 Å². The zero-order valence-corrected chi connectivity index (χ0v) is 11.9. The summed E-state index contributed by atoms with van der Waals surface area (Å²) in [5.41, 5.74) is 5.41.